The van der Waals surface area contributed by atoms with E-state index in [4.69, 9.17) is 9.72 Å². The monoisotopic (exact) mass is 512 g/mol. The zero-order chi connectivity index (χ0) is 25.6. The fraction of sp³-hybridized carbons (Fsp3) is 0.138. The molecule has 37 heavy (non-hydrogen) atoms. The number of rotatable bonds is 9. The summed E-state index contributed by atoms with van der Waals surface area (Å²) in [5.41, 5.74) is 5.01. The van der Waals surface area contributed by atoms with E-state index in [0.29, 0.717) is 17.7 Å². The molecular formula is C29H25FN4O2S. The summed E-state index contributed by atoms with van der Waals surface area (Å²) in [7, 11) is 1.66. The van der Waals surface area contributed by atoms with Crippen LogP contribution in [-0.2, 0) is 18.8 Å². The van der Waals surface area contributed by atoms with Crippen LogP contribution in [0.15, 0.2) is 96.4 Å². The first-order valence-electron chi connectivity index (χ1n) is 11.8. The van der Waals surface area contributed by atoms with E-state index >= 15 is 0 Å². The highest BCUT2D eigenvalue weighted by molar-refractivity contribution is 7.98. The number of amides is 1. The lowest BCUT2D eigenvalue weighted by Gasteiger charge is -2.11. The van der Waals surface area contributed by atoms with Crippen molar-refractivity contribution in [3.05, 3.63) is 119 Å². The van der Waals surface area contributed by atoms with Crippen LogP contribution in [0.3, 0.4) is 0 Å². The Kier molecular flexibility index (Phi) is 7.46. The number of aromatic nitrogens is 3. The van der Waals surface area contributed by atoms with Gasteiger partial charge in [0.15, 0.2) is 5.16 Å². The van der Waals surface area contributed by atoms with Gasteiger partial charge in [0.2, 0.25) is 0 Å². The van der Waals surface area contributed by atoms with Crippen molar-refractivity contribution >= 4 is 28.7 Å². The first-order valence-corrected chi connectivity index (χ1v) is 12.8. The van der Waals surface area contributed by atoms with E-state index in [2.05, 4.69) is 27.0 Å². The fourth-order valence-corrected chi connectivity index (χ4v) is 4.91. The smallest absolute Gasteiger partial charge is 0.251 e. The number of carbonyl (C=O) groups is 1. The molecule has 0 unspecified atom stereocenters. The van der Waals surface area contributed by atoms with Crippen molar-refractivity contribution in [2.45, 2.75) is 24.0 Å². The highest BCUT2D eigenvalue weighted by Gasteiger charge is 2.13. The van der Waals surface area contributed by atoms with E-state index < -0.39 is 0 Å². The lowest BCUT2D eigenvalue weighted by atomic mass is 10.1. The number of nitrogens with one attached hydrogen (secondary N) is 1. The van der Waals surface area contributed by atoms with Crippen LogP contribution in [0, 0.1) is 5.82 Å². The van der Waals surface area contributed by atoms with Gasteiger partial charge in [-0.25, -0.2) is 9.37 Å². The molecule has 2 aromatic heterocycles. The van der Waals surface area contributed by atoms with Gasteiger partial charge in [-0.2, -0.15) is 0 Å². The average Bonchev–Trinajstić information content (AvgIpc) is 3.29. The van der Waals surface area contributed by atoms with Crippen molar-refractivity contribution in [3.8, 4) is 5.75 Å². The molecule has 0 spiro atoms. The summed E-state index contributed by atoms with van der Waals surface area (Å²) in [5.74, 6) is 1.02. The number of halogens is 1. The molecule has 0 bridgehead atoms. The number of thioether (sulfide) groups is 1. The molecule has 0 aliphatic heterocycles. The number of imidazole rings is 1. The van der Waals surface area contributed by atoms with Crippen LogP contribution < -0.4 is 10.1 Å². The van der Waals surface area contributed by atoms with Crippen LogP contribution >= 0.6 is 11.8 Å². The van der Waals surface area contributed by atoms with Gasteiger partial charge in [0.1, 0.15) is 11.6 Å². The van der Waals surface area contributed by atoms with Crippen LogP contribution in [-0.4, -0.2) is 27.6 Å². The van der Waals surface area contributed by atoms with Crippen molar-refractivity contribution in [1.82, 2.24) is 19.9 Å². The first-order chi connectivity index (χ1) is 18.1. The van der Waals surface area contributed by atoms with Crippen LogP contribution in [0.2, 0.25) is 0 Å². The average molecular weight is 513 g/mol. The number of carbonyl (C=O) groups excluding carboxylic acids is 1. The van der Waals surface area contributed by atoms with Crippen LogP contribution in [0.5, 0.6) is 5.75 Å². The van der Waals surface area contributed by atoms with Crippen molar-refractivity contribution in [3.63, 3.8) is 0 Å². The topological polar surface area (TPSA) is 69.0 Å². The predicted molar refractivity (Wildman–Crippen MR) is 143 cm³/mol. The number of nitrogens with zero attached hydrogens (tertiary/aromatic N) is 3. The Balaban J connectivity index is 1.29. The van der Waals surface area contributed by atoms with Crippen LogP contribution in [0.4, 0.5) is 4.39 Å². The Morgan fingerprint density at radius 1 is 1.00 bits per heavy atom. The number of fused-ring (bicyclic) bond motifs is 1. The molecule has 0 aliphatic carbocycles. The van der Waals surface area contributed by atoms with E-state index in [9.17, 15) is 9.18 Å². The maximum Gasteiger partial charge on any atom is 0.251 e. The molecule has 6 nitrogen and oxygen atoms in total. The summed E-state index contributed by atoms with van der Waals surface area (Å²) < 4.78 is 21.2. The second kappa shape index (κ2) is 11.3. The zero-order valence-electron chi connectivity index (χ0n) is 20.2. The summed E-state index contributed by atoms with van der Waals surface area (Å²) in [6, 6.07) is 23.8. The van der Waals surface area contributed by atoms with Gasteiger partial charge in [0, 0.05) is 29.6 Å². The van der Waals surface area contributed by atoms with Gasteiger partial charge in [0.25, 0.3) is 5.91 Å². The second-order valence-corrected chi connectivity index (χ2v) is 9.40. The minimum atomic E-state index is -0.333. The molecule has 186 valence electrons. The number of pyridine rings is 1. The summed E-state index contributed by atoms with van der Waals surface area (Å²) in [6.45, 7) is 0.723. The molecule has 5 aromatic rings. The third kappa shape index (κ3) is 5.81. The predicted octanol–water partition coefficient (Wildman–Crippen LogP) is 5.85. The Morgan fingerprint density at radius 2 is 1.76 bits per heavy atom. The minimum absolute atomic E-state index is 0.135. The highest BCUT2D eigenvalue weighted by atomic mass is 32.2. The normalized spacial score (nSPS) is 11.0. The number of benzene rings is 3. The molecule has 0 fully saturated rings. The zero-order valence-corrected chi connectivity index (χ0v) is 21.0. The van der Waals surface area contributed by atoms with Crippen LogP contribution in [0.1, 0.15) is 27.0 Å². The number of ether oxygens (including phenoxy) is 1. The summed E-state index contributed by atoms with van der Waals surface area (Å²) in [4.78, 5) is 21.7. The molecule has 0 aliphatic rings. The quantitative estimate of drug-likeness (QED) is 0.251. The minimum Gasteiger partial charge on any atom is -0.497 e. The van der Waals surface area contributed by atoms with Gasteiger partial charge in [-0.3, -0.25) is 9.78 Å². The van der Waals surface area contributed by atoms with Gasteiger partial charge in [0.05, 0.1) is 30.9 Å². The SMILES string of the molecule is COc1ccc(CSc2nc3ccncc3n2Cc2ccc(C(=O)NCc3ccccc3F)cc2)cc1. The van der Waals surface area contributed by atoms with Crippen molar-refractivity contribution in [1.29, 1.82) is 0 Å². The Bertz CT molecular complexity index is 1520. The van der Waals surface area contributed by atoms with E-state index in [1.807, 2.05) is 36.5 Å². The van der Waals surface area contributed by atoms with Crippen molar-refractivity contribution < 1.29 is 13.9 Å². The largest absolute Gasteiger partial charge is 0.497 e. The number of methoxy groups -OCH3 is 1. The van der Waals surface area contributed by atoms with E-state index in [0.717, 1.165) is 33.3 Å². The van der Waals surface area contributed by atoms with Gasteiger partial charge < -0.3 is 14.6 Å². The summed E-state index contributed by atoms with van der Waals surface area (Å²) in [5, 5.41) is 3.67. The Morgan fingerprint density at radius 3 is 2.51 bits per heavy atom. The second-order valence-electron chi connectivity index (χ2n) is 8.45. The van der Waals surface area contributed by atoms with E-state index in [1.54, 1.807) is 55.4 Å². The maximum absolute atomic E-state index is 13.8. The van der Waals surface area contributed by atoms with Gasteiger partial charge in [-0.15, -0.1) is 0 Å². The van der Waals surface area contributed by atoms with Crippen molar-refractivity contribution in [2.75, 3.05) is 7.11 Å². The van der Waals surface area contributed by atoms with Gasteiger partial charge in [-0.05, 0) is 47.5 Å². The third-order valence-electron chi connectivity index (χ3n) is 6.00. The lowest BCUT2D eigenvalue weighted by molar-refractivity contribution is 0.0950. The lowest BCUT2D eigenvalue weighted by Crippen LogP contribution is -2.23. The maximum atomic E-state index is 13.8. The molecule has 2 heterocycles. The molecule has 1 N–H and O–H groups in total. The molecule has 8 heteroatoms. The van der Waals surface area contributed by atoms with E-state index in [1.165, 1.54) is 11.6 Å². The Labute approximate surface area is 218 Å². The van der Waals surface area contributed by atoms with Crippen molar-refractivity contribution in [2.24, 2.45) is 0 Å². The third-order valence-corrected chi connectivity index (χ3v) is 7.04. The molecule has 1 amide bonds. The standard InChI is InChI=1S/C29H25FN4O2S/c1-36-24-12-8-21(9-13-24)19-37-29-33-26-14-15-31-17-27(26)34(29)18-20-6-10-22(11-7-20)28(35)32-16-23-4-2-3-5-25(23)30/h2-15,17H,16,18-19H2,1H3,(H,32,35). The number of hydrogen-bond acceptors (Lipinski definition) is 5. The fourth-order valence-electron chi connectivity index (χ4n) is 3.94. The molecule has 5 rings (SSSR count). The van der Waals surface area contributed by atoms with Gasteiger partial charge >= 0.3 is 0 Å². The molecule has 3 aromatic carbocycles. The van der Waals surface area contributed by atoms with Gasteiger partial charge in [-0.1, -0.05) is 54.2 Å². The van der Waals surface area contributed by atoms with Crippen LogP contribution in [0.25, 0.3) is 11.0 Å². The van der Waals surface area contributed by atoms with E-state index in [-0.39, 0.29) is 18.3 Å². The number of hydrogen-bond donors (Lipinski definition) is 1. The molecule has 0 radical (unpaired) electrons. The summed E-state index contributed by atoms with van der Waals surface area (Å²) >= 11 is 1.66. The highest BCUT2D eigenvalue weighted by Crippen LogP contribution is 2.28. The molecule has 0 saturated heterocycles. The summed E-state index contributed by atoms with van der Waals surface area (Å²) in [6.07, 6.45) is 3.57. The molecular weight excluding hydrogens is 487 g/mol. The Hall–Kier alpha value is -4.17. The molecule has 0 saturated carbocycles. The molecule has 0 atom stereocenters. The first kappa shape index (κ1) is 24.5.